The molecule has 1 unspecified atom stereocenters. The predicted octanol–water partition coefficient (Wildman–Crippen LogP) is 3.29. The SMILES string of the molecule is OC(c1ccccc1)C1(CNCc2ccc(N3CCCC3)nc2)CC1. The van der Waals surface area contributed by atoms with E-state index in [-0.39, 0.29) is 11.5 Å². The standard InChI is InChI=1S/C21H27N3O/c25-20(18-6-2-1-3-7-18)21(10-11-21)16-22-14-17-8-9-19(23-15-17)24-12-4-5-13-24/h1-3,6-9,15,20,22,25H,4-5,10-14,16H2. The van der Waals surface area contributed by atoms with E-state index in [4.69, 9.17) is 0 Å². The second-order valence-corrected chi connectivity index (χ2v) is 7.50. The molecule has 1 saturated carbocycles. The van der Waals surface area contributed by atoms with Crippen molar-refractivity contribution >= 4 is 5.82 Å². The first-order valence-corrected chi connectivity index (χ1v) is 9.40. The van der Waals surface area contributed by atoms with Crippen molar-refractivity contribution in [3.63, 3.8) is 0 Å². The van der Waals surface area contributed by atoms with E-state index in [1.165, 1.54) is 18.4 Å². The molecular formula is C21H27N3O. The van der Waals surface area contributed by atoms with Crippen LogP contribution in [-0.2, 0) is 6.54 Å². The normalized spacial score (nSPS) is 19.8. The van der Waals surface area contributed by atoms with Gasteiger partial charge in [-0.3, -0.25) is 0 Å². The van der Waals surface area contributed by atoms with Gasteiger partial charge in [-0.2, -0.15) is 0 Å². The lowest BCUT2D eigenvalue weighted by molar-refractivity contribution is 0.0917. The van der Waals surface area contributed by atoms with Crippen LogP contribution in [0.5, 0.6) is 0 Å². The molecular weight excluding hydrogens is 310 g/mol. The lowest BCUT2D eigenvalue weighted by atomic mass is 9.92. The van der Waals surface area contributed by atoms with Gasteiger partial charge < -0.3 is 15.3 Å². The molecule has 1 aromatic carbocycles. The molecule has 4 heteroatoms. The van der Waals surface area contributed by atoms with Crippen molar-refractivity contribution in [2.45, 2.75) is 38.3 Å². The fraction of sp³-hybridized carbons (Fsp3) is 0.476. The zero-order valence-corrected chi connectivity index (χ0v) is 14.7. The quantitative estimate of drug-likeness (QED) is 0.814. The fourth-order valence-electron chi connectivity index (χ4n) is 3.81. The molecule has 0 spiro atoms. The molecule has 2 N–H and O–H groups in total. The van der Waals surface area contributed by atoms with Gasteiger partial charge in [0.25, 0.3) is 0 Å². The average molecular weight is 337 g/mol. The van der Waals surface area contributed by atoms with Crippen LogP contribution in [-0.4, -0.2) is 29.7 Å². The van der Waals surface area contributed by atoms with Gasteiger partial charge in [0.1, 0.15) is 5.82 Å². The van der Waals surface area contributed by atoms with E-state index in [1.807, 2.05) is 36.5 Å². The van der Waals surface area contributed by atoms with Crippen LogP contribution >= 0.6 is 0 Å². The summed E-state index contributed by atoms with van der Waals surface area (Å²) in [4.78, 5) is 6.96. The monoisotopic (exact) mass is 337 g/mol. The number of aliphatic hydroxyl groups excluding tert-OH is 1. The minimum Gasteiger partial charge on any atom is -0.388 e. The number of rotatable bonds is 7. The highest BCUT2D eigenvalue weighted by Gasteiger charge is 2.48. The van der Waals surface area contributed by atoms with Gasteiger partial charge in [0.2, 0.25) is 0 Å². The summed E-state index contributed by atoms with van der Waals surface area (Å²) >= 11 is 0. The first-order valence-electron chi connectivity index (χ1n) is 9.40. The largest absolute Gasteiger partial charge is 0.388 e. The highest BCUT2D eigenvalue weighted by molar-refractivity contribution is 5.40. The Morgan fingerprint density at radius 1 is 1.08 bits per heavy atom. The van der Waals surface area contributed by atoms with Crippen LogP contribution in [0.1, 0.15) is 42.9 Å². The summed E-state index contributed by atoms with van der Waals surface area (Å²) in [5, 5.41) is 14.2. The molecule has 2 fully saturated rings. The smallest absolute Gasteiger partial charge is 0.128 e. The van der Waals surface area contributed by atoms with Gasteiger partial charge in [-0.25, -0.2) is 4.98 Å². The third-order valence-corrected chi connectivity index (χ3v) is 5.63. The van der Waals surface area contributed by atoms with Gasteiger partial charge in [0, 0.05) is 37.8 Å². The number of nitrogens with one attached hydrogen (secondary N) is 1. The Bertz CT molecular complexity index is 676. The zero-order valence-electron chi connectivity index (χ0n) is 14.7. The van der Waals surface area contributed by atoms with Crippen LogP contribution in [0.4, 0.5) is 5.82 Å². The lowest BCUT2D eigenvalue weighted by Gasteiger charge is -2.23. The summed E-state index contributed by atoms with van der Waals surface area (Å²) < 4.78 is 0. The maximum absolute atomic E-state index is 10.7. The molecule has 1 aliphatic heterocycles. The van der Waals surface area contributed by atoms with E-state index in [1.54, 1.807) is 0 Å². The average Bonchev–Trinajstić information content (AvgIpc) is 3.25. The minimum atomic E-state index is -0.378. The zero-order chi connectivity index (χ0) is 17.1. The Morgan fingerprint density at radius 3 is 2.48 bits per heavy atom. The van der Waals surface area contributed by atoms with Gasteiger partial charge >= 0.3 is 0 Å². The Balaban J connectivity index is 1.30. The molecule has 0 radical (unpaired) electrons. The number of aliphatic hydroxyl groups is 1. The molecule has 2 aromatic rings. The molecule has 25 heavy (non-hydrogen) atoms. The molecule has 4 nitrogen and oxygen atoms in total. The van der Waals surface area contributed by atoms with E-state index in [2.05, 4.69) is 27.3 Å². The summed E-state index contributed by atoms with van der Waals surface area (Å²) in [7, 11) is 0. The van der Waals surface area contributed by atoms with Crippen LogP contribution in [0, 0.1) is 5.41 Å². The van der Waals surface area contributed by atoms with E-state index in [0.717, 1.165) is 50.4 Å². The van der Waals surface area contributed by atoms with Crippen molar-refractivity contribution in [1.82, 2.24) is 10.3 Å². The number of hydrogen-bond acceptors (Lipinski definition) is 4. The Kier molecular flexibility index (Phi) is 4.73. The molecule has 2 heterocycles. The number of anilines is 1. The number of aromatic nitrogens is 1. The van der Waals surface area contributed by atoms with Crippen LogP contribution in [0.2, 0.25) is 0 Å². The summed E-state index contributed by atoms with van der Waals surface area (Å²) in [6, 6.07) is 14.3. The summed E-state index contributed by atoms with van der Waals surface area (Å²) in [5.41, 5.74) is 2.23. The van der Waals surface area contributed by atoms with E-state index < -0.39 is 0 Å². The van der Waals surface area contributed by atoms with Crippen molar-refractivity contribution in [3.8, 4) is 0 Å². The summed E-state index contributed by atoms with van der Waals surface area (Å²) in [6.07, 6.45) is 6.32. The lowest BCUT2D eigenvalue weighted by Crippen LogP contribution is -2.28. The number of nitrogens with zero attached hydrogens (tertiary/aromatic N) is 2. The van der Waals surface area contributed by atoms with Crippen LogP contribution in [0.3, 0.4) is 0 Å². The van der Waals surface area contributed by atoms with Crippen LogP contribution < -0.4 is 10.2 Å². The first-order chi connectivity index (χ1) is 12.3. The third kappa shape index (κ3) is 3.70. The maximum atomic E-state index is 10.7. The number of pyridine rings is 1. The number of benzene rings is 1. The molecule has 0 bridgehead atoms. The Hall–Kier alpha value is -1.91. The van der Waals surface area contributed by atoms with Gasteiger partial charge in [0.05, 0.1) is 6.10 Å². The van der Waals surface area contributed by atoms with Crippen molar-refractivity contribution in [2.75, 3.05) is 24.5 Å². The summed E-state index contributed by atoms with van der Waals surface area (Å²) in [5.74, 6) is 1.10. The second-order valence-electron chi connectivity index (χ2n) is 7.50. The van der Waals surface area contributed by atoms with E-state index in [0.29, 0.717) is 0 Å². The fourth-order valence-corrected chi connectivity index (χ4v) is 3.81. The van der Waals surface area contributed by atoms with Crippen molar-refractivity contribution < 1.29 is 5.11 Å². The minimum absolute atomic E-state index is 0.00424. The van der Waals surface area contributed by atoms with Gasteiger partial charge in [-0.05, 0) is 42.9 Å². The predicted molar refractivity (Wildman–Crippen MR) is 100 cm³/mol. The Morgan fingerprint density at radius 2 is 1.84 bits per heavy atom. The first kappa shape index (κ1) is 16.6. The van der Waals surface area contributed by atoms with Crippen LogP contribution in [0.25, 0.3) is 0 Å². The van der Waals surface area contributed by atoms with Gasteiger partial charge in [-0.1, -0.05) is 36.4 Å². The van der Waals surface area contributed by atoms with Crippen molar-refractivity contribution in [3.05, 3.63) is 59.8 Å². The third-order valence-electron chi connectivity index (χ3n) is 5.63. The molecule has 1 aromatic heterocycles. The number of hydrogen-bond donors (Lipinski definition) is 2. The van der Waals surface area contributed by atoms with Crippen molar-refractivity contribution in [2.24, 2.45) is 5.41 Å². The highest BCUT2D eigenvalue weighted by atomic mass is 16.3. The molecule has 2 aliphatic rings. The molecule has 1 aliphatic carbocycles. The highest BCUT2D eigenvalue weighted by Crippen LogP contribution is 2.54. The van der Waals surface area contributed by atoms with Gasteiger partial charge in [0.15, 0.2) is 0 Å². The molecule has 132 valence electrons. The molecule has 4 rings (SSSR count). The maximum Gasteiger partial charge on any atom is 0.128 e. The van der Waals surface area contributed by atoms with E-state index >= 15 is 0 Å². The second kappa shape index (κ2) is 7.14. The molecule has 1 atom stereocenters. The van der Waals surface area contributed by atoms with Crippen LogP contribution in [0.15, 0.2) is 48.7 Å². The summed E-state index contributed by atoms with van der Waals surface area (Å²) in [6.45, 7) is 3.91. The molecule has 1 saturated heterocycles. The Labute approximate surface area is 149 Å². The van der Waals surface area contributed by atoms with Gasteiger partial charge in [-0.15, -0.1) is 0 Å². The molecule has 0 amide bonds. The van der Waals surface area contributed by atoms with E-state index in [9.17, 15) is 5.11 Å². The van der Waals surface area contributed by atoms with Crippen molar-refractivity contribution in [1.29, 1.82) is 0 Å². The topological polar surface area (TPSA) is 48.4 Å².